The van der Waals surface area contributed by atoms with Gasteiger partial charge in [0.05, 0.1) is 13.2 Å². The van der Waals surface area contributed by atoms with E-state index in [-0.39, 0.29) is 5.75 Å². The number of para-hydroxylation sites is 1. The number of phenols is 1. The van der Waals surface area contributed by atoms with Gasteiger partial charge >= 0.3 is 0 Å². The molecular formula is C16H18O3. The van der Waals surface area contributed by atoms with Gasteiger partial charge in [0, 0.05) is 11.1 Å². The number of hydrogen-bond donors (Lipinski definition) is 1. The highest BCUT2D eigenvalue weighted by atomic mass is 16.5. The summed E-state index contributed by atoms with van der Waals surface area (Å²) < 4.78 is 11.1. The van der Waals surface area contributed by atoms with Crippen molar-refractivity contribution in [2.24, 2.45) is 0 Å². The number of rotatable bonds is 5. The molecule has 0 saturated carbocycles. The van der Waals surface area contributed by atoms with Crippen molar-refractivity contribution < 1.29 is 14.6 Å². The first-order valence-electron chi connectivity index (χ1n) is 6.44. The van der Waals surface area contributed by atoms with Gasteiger partial charge in [-0.1, -0.05) is 18.2 Å². The molecule has 1 N–H and O–H groups in total. The van der Waals surface area contributed by atoms with E-state index in [0.29, 0.717) is 13.2 Å². The van der Waals surface area contributed by atoms with E-state index < -0.39 is 0 Å². The first-order valence-corrected chi connectivity index (χ1v) is 6.44. The van der Waals surface area contributed by atoms with E-state index >= 15 is 0 Å². The highest BCUT2D eigenvalue weighted by Gasteiger charge is 2.11. The Labute approximate surface area is 113 Å². The Hall–Kier alpha value is -2.16. The summed E-state index contributed by atoms with van der Waals surface area (Å²) in [6, 6.07) is 12.9. The zero-order chi connectivity index (χ0) is 13.7. The van der Waals surface area contributed by atoms with Gasteiger partial charge in [0.2, 0.25) is 0 Å². The molecule has 100 valence electrons. The Morgan fingerprint density at radius 3 is 2.32 bits per heavy atom. The predicted molar refractivity (Wildman–Crippen MR) is 75.9 cm³/mol. The summed E-state index contributed by atoms with van der Waals surface area (Å²) in [7, 11) is 0. The van der Waals surface area contributed by atoms with E-state index in [4.69, 9.17) is 9.47 Å². The van der Waals surface area contributed by atoms with Crippen LogP contribution in [0.25, 0.3) is 11.1 Å². The molecule has 2 rings (SSSR count). The molecule has 0 aliphatic carbocycles. The summed E-state index contributed by atoms with van der Waals surface area (Å²) in [6.07, 6.45) is 0. The monoisotopic (exact) mass is 258 g/mol. The van der Waals surface area contributed by atoms with Gasteiger partial charge in [-0.05, 0) is 38.1 Å². The molecule has 2 aromatic carbocycles. The van der Waals surface area contributed by atoms with Crippen LogP contribution < -0.4 is 9.47 Å². The summed E-state index contributed by atoms with van der Waals surface area (Å²) in [4.78, 5) is 0. The van der Waals surface area contributed by atoms with Gasteiger partial charge in [-0.25, -0.2) is 0 Å². The molecule has 0 radical (unpaired) electrons. The van der Waals surface area contributed by atoms with Gasteiger partial charge in [-0.15, -0.1) is 0 Å². The maximum Gasteiger partial charge on any atom is 0.127 e. The number of benzene rings is 2. The second kappa shape index (κ2) is 6.14. The van der Waals surface area contributed by atoms with Gasteiger partial charge < -0.3 is 14.6 Å². The average molecular weight is 258 g/mol. The third-order valence-corrected chi connectivity index (χ3v) is 2.76. The molecule has 0 bridgehead atoms. The zero-order valence-corrected chi connectivity index (χ0v) is 11.2. The molecule has 0 saturated heterocycles. The lowest BCUT2D eigenvalue weighted by Crippen LogP contribution is -1.96. The molecule has 0 fully saturated rings. The van der Waals surface area contributed by atoms with E-state index in [1.165, 1.54) is 0 Å². The van der Waals surface area contributed by atoms with Crippen LogP contribution >= 0.6 is 0 Å². The highest BCUT2D eigenvalue weighted by Crippen LogP contribution is 2.38. The van der Waals surface area contributed by atoms with Crippen LogP contribution in [-0.2, 0) is 0 Å². The Morgan fingerprint density at radius 1 is 0.895 bits per heavy atom. The lowest BCUT2D eigenvalue weighted by Gasteiger charge is -2.13. The van der Waals surface area contributed by atoms with Crippen LogP contribution in [0.5, 0.6) is 17.2 Å². The SMILES string of the molecule is CCOc1ccc(OCC)c(-c2ccccc2O)c1. The van der Waals surface area contributed by atoms with Crippen LogP contribution in [0.15, 0.2) is 42.5 Å². The molecular weight excluding hydrogens is 240 g/mol. The zero-order valence-electron chi connectivity index (χ0n) is 11.2. The third kappa shape index (κ3) is 2.99. The maximum absolute atomic E-state index is 9.98. The van der Waals surface area contributed by atoms with Crippen LogP contribution in [0, 0.1) is 0 Å². The van der Waals surface area contributed by atoms with Crippen molar-refractivity contribution in [3.63, 3.8) is 0 Å². The normalized spacial score (nSPS) is 10.2. The minimum Gasteiger partial charge on any atom is -0.507 e. The van der Waals surface area contributed by atoms with E-state index in [0.717, 1.165) is 22.6 Å². The Kier molecular flexibility index (Phi) is 4.29. The fourth-order valence-corrected chi connectivity index (χ4v) is 1.96. The number of ether oxygens (including phenoxy) is 2. The van der Waals surface area contributed by atoms with E-state index in [9.17, 15) is 5.11 Å². The van der Waals surface area contributed by atoms with E-state index in [2.05, 4.69) is 0 Å². The molecule has 0 heterocycles. The van der Waals surface area contributed by atoms with Gasteiger partial charge in [-0.2, -0.15) is 0 Å². The number of aromatic hydroxyl groups is 1. The van der Waals surface area contributed by atoms with Crippen molar-refractivity contribution in [1.82, 2.24) is 0 Å². The van der Waals surface area contributed by atoms with Crippen molar-refractivity contribution in [3.05, 3.63) is 42.5 Å². The minimum atomic E-state index is 0.233. The summed E-state index contributed by atoms with van der Waals surface area (Å²) >= 11 is 0. The summed E-state index contributed by atoms with van der Waals surface area (Å²) in [5.74, 6) is 1.74. The molecule has 0 aliphatic heterocycles. The fraction of sp³-hybridized carbons (Fsp3) is 0.250. The lowest BCUT2D eigenvalue weighted by atomic mass is 10.0. The van der Waals surface area contributed by atoms with Crippen molar-refractivity contribution in [2.75, 3.05) is 13.2 Å². The second-order valence-corrected chi connectivity index (χ2v) is 4.04. The molecule has 3 heteroatoms. The van der Waals surface area contributed by atoms with Crippen molar-refractivity contribution in [2.45, 2.75) is 13.8 Å². The topological polar surface area (TPSA) is 38.7 Å². The largest absolute Gasteiger partial charge is 0.507 e. The minimum absolute atomic E-state index is 0.233. The highest BCUT2D eigenvalue weighted by molar-refractivity contribution is 5.76. The third-order valence-electron chi connectivity index (χ3n) is 2.76. The van der Waals surface area contributed by atoms with Crippen molar-refractivity contribution in [3.8, 4) is 28.4 Å². The van der Waals surface area contributed by atoms with Gasteiger partial charge in [-0.3, -0.25) is 0 Å². The van der Waals surface area contributed by atoms with Crippen LogP contribution in [0.4, 0.5) is 0 Å². The average Bonchev–Trinajstić information content (AvgIpc) is 2.42. The molecule has 2 aromatic rings. The van der Waals surface area contributed by atoms with Crippen LogP contribution in [0.2, 0.25) is 0 Å². The fourth-order valence-electron chi connectivity index (χ4n) is 1.96. The van der Waals surface area contributed by atoms with Crippen LogP contribution in [0.1, 0.15) is 13.8 Å². The summed E-state index contributed by atoms with van der Waals surface area (Å²) in [5, 5.41) is 9.98. The van der Waals surface area contributed by atoms with Gasteiger partial charge in [0.15, 0.2) is 0 Å². The molecule has 3 nitrogen and oxygen atoms in total. The maximum atomic E-state index is 9.98. The molecule has 0 spiro atoms. The Bertz CT molecular complexity index is 549. The van der Waals surface area contributed by atoms with Crippen LogP contribution in [0.3, 0.4) is 0 Å². The first-order chi connectivity index (χ1) is 9.26. The Morgan fingerprint density at radius 2 is 1.63 bits per heavy atom. The van der Waals surface area contributed by atoms with E-state index in [1.54, 1.807) is 12.1 Å². The molecule has 19 heavy (non-hydrogen) atoms. The van der Waals surface area contributed by atoms with Crippen molar-refractivity contribution in [1.29, 1.82) is 0 Å². The standard InChI is InChI=1S/C16H18O3/c1-3-18-12-9-10-16(19-4-2)14(11-12)13-7-5-6-8-15(13)17/h5-11,17H,3-4H2,1-2H3. The number of phenolic OH excluding ortho intramolecular Hbond substituents is 1. The quantitative estimate of drug-likeness (QED) is 0.885. The lowest BCUT2D eigenvalue weighted by molar-refractivity contribution is 0.331. The van der Waals surface area contributed by atoms with Crippen LogP contribution in [-0.4, -0.2) is 18.3 Å². The number of hydrogen-bond acceptors (Lipinski definition) is 3. The first kappa shape index (κ1) is 13.3. The molecule has 0 aliphatic rings. The Balaban J connectivity index is 2.51. The van der Waals surface area contributed by atoms with E-state index in [1.807, 2.05) is 44.2 Å². The van der Waals surface area contributed by atoms with Gasteiger partial charge in [0.1, 0.15) is 17.2 Å². The summed E-state index contributed by atoms with van der Waals surface area (Å²) in [5.41, 5.74) is 1.58. The van der Waals surface area contributed by atoms with Crippen molar-refractivity contribution >= 4 is 0 Å². The second-order valence-electron chi connectivity index (χ2n) is 4.04. The summed E-state index contributed by atoms with van der Waals surface area (Å²) in [6.45, 7) is 5.06. The predicted octanol–water partition coefficient (Wildman–Crippen LogP) is 3.86. The molecule has 0 aromatic heterocycles. The molecule has 0 amide bonds. The van der Waals surface area contributed by atoms with Gasteiger partial charge in [0.25, 0.3) is 0 Å². The molecule has 0 atom stereocenters. The molecule has 0 unspecified atom stereocenters. The smallest absolute Gasteiger partial charge is 0.127 e.